The molecule has 0 unspecified atom stereocenters. The second kappa shape index (κ2) is 6.26. The second-order valence-corrected chi connectivity index (χ2v) is 4.92. The van der Waals surface area contributed by atoms with Crippen molar-refractivity contribution in [2.45, 2.75) is 26.6 Å². The molecule has 3 aromatic rings. The van der Waals surface area contributed by atoms with Crippen molar-refractivity contribution in [3.8, 4) is 0 Å². The summed E-state index contributed by atoms with van der Waals surface area (Å²) in [6.45, 7) is 4.53. The molecule has 0 saturated heterocycles. The molecule has 0 aliphatic heterocycles. The van der Waals surface area contributed by atoms with Crippen molar-refractivity contribution in [2.24, 2.45) is 0 Å². The van der Waals surface area contributed by atoms with Crippen LogP contribution in [0.1, 0.15) is 18.1 Å². The summed E-state index contributed by atoms with van der Waals surface area (Å²) >= 11 is 0. The Morgan fingerprint density at radius 1 is 1.10 bits per heavy atom. The van der Waals surface area contributed by atoms with E-state index in [9.17, 15) is 0 Å². The zero-order chi connectivity index (χ0) is 14.5. The minimum absolute atomic E-state index is 0.768. The van der Waals surface area contributed by atoms with Crippen molar-refractivity contribution in [2.75, 3.05) is 5.32 Å². The van der Waals surface area contributed by atoms with Gasteiger partial charge in [-0.25, -0.2) is 0 Å². The lowest BCUT2D eigenvalue weighted by Gasteiger charge is -2.11. The van der Waals surface area contributed by atoms with Crippen LogP contribution in [0.2, 0.25) is 0 Å². The predicted molar refractivity (Wildman–Crippen MR) is 83.0 cm³/mol. The SMILES string of the molecule is CCn1cc(CNc2ccccc2Cn2cccn2)cn1. The highest BCUT2D eigenvalue weighted by Crippen LogP contribution is 2.17. The molecule has 1 aromatic carbocycles. The quantitative estimate of drug-likeness (QED) is 0.756. The van der Waals surface area contributed by atoms with Crippen LogP contribution in [-0.4, -0.2) is 19.6 Å². The number of aromatic nitrogens is 4. The van der Waals surface area contributed by atoms with Gasteiger partial charge in [0.15, 0.2) is 0 Å². The minimum Gasteiger partial charge on any atom is -0.381 e. The Morgan fingerprint density at radius 2 is 2.00 bits per heavy atom. The monoisotopic (exact) mass is 281 g/mol. The van der Waals surface area contributed by atoms with Gasteiger partial charge in [0.1, 0.15) is 0 Å². The molecule has 0 aliphatic carbocycles. The first-order valence-corrected chi connectivity index (χ1v) is 7.15. The predicted octanol–water partition coefficient (Wildman–Crippen LogP) is 2.76. The smallest absolute Gasteiger partial charge is 0.0679 e. The number of para-hydroxylation sites is 1. The fourth-order valence-corrected chi connectivity index (χ4v) is 2.27. The molecule has 0 bridgehead atoms. The first-order chi connectivity index (χ1) is 10.3. The normalized spacial score (nSPS) is 10.7. The van der Waals surface area contributed by atoms with Crippen molar-refractivity contribution >= 4 is 5.69 Å². The zero-order valence-electron chi connectivity index (χ0n) is 12.1. The van der Waals surface area contributed by atoms with Crippen molar-refractivity contribution < 1.29 is 0 Å². The van der Waals surface area contributed by atoms with E-state index in [0.29, 0.717) is 0 Å². The van der Waals surface area contributed by atoms with E-state index in [1.54, 1.807) is 6.20 Å². The van der Waals surface area contributed by atoms with Gasteiger partial charge in [0.25, 0.3) is 0 Å². The topological polar surface area (TPSA) is 47.7 Å². The molecule has 3 rings (SSSR count). The number of nitrogens with zero attached hydrogens (tertiary/aromatic N) is 4. The third-order valence-electron chi connectivity index (χ3n) is 3.40. The summed E-state index contributed by atoms with van der Waals surface area (Å²) in [5.41, 5.74) is 3.55. The maximum Gasteiger partial charge on any atom is 0.0679 e. The molecule has 21 heavy (non-hydrogen) atoms. The summed E-state index contributed by atoms with van der Waals surface area (Å²) in [4.78, 5) is 0. The third kappa shape index (κ3) is 3.31. The molecule has 0 radical (unpaired) electrons. The van der Waals surface area contributed by atoms with Crippen LogP contribution in [0.25, 0.3) is 0 Å². The lowest BCUT2D eigenvalue weighted by molar-refractivity contribution is 0.659. The van der Waals surface area contributed by atoms with Crippen LogP contribution in [0.3, 0.4) is 0 Å². The van der Waals surface area contributed by atoms with Gasteiger partial charge < -0.3 is 5.32 Å². The minimum atomic E-state index is 0.768. The molecule has 0 saturated carbocycles. The van der Waals surface area contributed by atoms with Crippen LogP contribution in [0, 0.1) is 0 Å². The Bertz CT molecular complexity index is 684. The molecular weight excluding hydrogens is 262 g/mol. The van der Waals surface area contributed by atoms with Crippen LogP contribution >= 0.6 is 0 Å². The molecular formula is C16H19N5. The van der Waals surface area contributed by atoms with Gasteiger partial charge in [0.05, 0.1) is 12.7 Å². The van der Waals surface area contributed by atoms with Crippen LogP contribution in [0.15, 0.2) is 55.1 Å². The van der Waals surface area contributed by atoms with Gasteiger partial charge in [-0.05, 0) is 24.6 Å². The van der Waals surface area contributed by atoms with E-state index in [2.05, 4.69) is 46.8 Å². The Balaban J connectivity index is 1.70. The van der Waals surface area contributed by atoms with Crippen molar-refractivity contribution in [3.05, 3.63) is 66.2 Å². The lowest BCUT2D eigenvalue weighted by Crippen LogP contribution is -2.06. The van der Waals surface area contributed by atoms with E-state index in [1.807, 2.05) is 33.9 Å². The number of hydrogen-bond donors (Lipinski definition) is 1. The number of rotatable bonds is 6. The van der Waals surface area contributed by atoms with E-state index < -0.39 is 0 Å². The van der Waals surface area contributed by atoms with Gasteiger partial charge in [0, 0.05) is 42.9 Å². The molecule has 0 fully saturated rings. The van der Waals surface area contributed by atoms with Gasteiger partial charge in [-0.3, -0.25) is 9.36 Å². The van der Waals surface area contributed by atoms with E-state index in [4.69, 9.17) is 0 Å². The van der Waals surface area contributed by atoms with Gasteiger partial charge in [-0.15, -0.1) is 0 Å². The first kappa shape index (κ1) is 13.4. The molecule has 5 nitrogen and oxygen atoms in total. The Labute approximate surface area is 124 Å². The molecule has 2 aromatic heterocycles. The van der Waals surface area contributed by atoms with Crippen LogP contribution in [0.4, 0.5) is 5.69 Å². The maximum atomic E-state index is 4.29. The van der Waals surface area contributed by atoms with Gasteiger partial charge >= 0.3 is 0 Å². The fraction of sp³-hybridized carbons (Fsp3) is 0.250. The summed E-state index contributed by atoms with van der Waals surface area (Å²) in [5.74, 6) is 0. The number of hydrogen-bond acceptors (Lipinski definition) is 3. The Kier molecular flexibility index (Phi) is 4.00. The Morgan fingerprint density at radius 3 is 2.76 bits per heavy atom. The molecule has 0 atom stereocenters. The summed E-state index contributed by atoms with van der Waals surface area (Å²) in [7, 11) is 0. The fourth-order valence-electron chi connectivity index (χ4n) is 2.27. The van der Waals surface area contributed by atoms with E-state index >= 15 is 0 Å². The zero-order valence-corrected chi connectivity index (χ0v) is 12.1. The van der Waals surface area contributed by atoms with Crippen molar-refractivity contribution in [3.63, 3.8) is 0 Å². The number of nitrogens with one attached hydrogen (secondary N) is 1. The number of anilines is 1. The summed E-state index contributed by atoms with van der Waals surface area (Å²) in [5, 5.41) is 12.0. The van der Waals surface area contributed by atoms with Crippen molar-refractivity contribution in [1.82, 2.24) is 19.6 Å². The molecule has 0 aliphatic rings. The van der Waals surface area contributed by atoms with E-state index in [0.717, 1.165) is 25.3 Å². The molecule has 108 valence electrons. The molecule has 0 spiro atoms. The van der Waals surface area contributed by atoms with Gasteiger partial charge in [0.2, 0.25) is 0 Å². The second-order valence-electron chi connectivity index (χ2n) is 4.92. The largest absolute Gasteiger partial charge is 0.381 e. The average molecular weight is 281 g/mol. The summed E-state index contributed by atoms with van der Waals surface area (Å²) in [6, 6.07) is 10.3. The van der Waals surface area contributed by atoms with Crippen LogP contribution in [0.5, 0.6) is 0 Å². The maximum absolute atomic E-state index is 4.29. The highest BCUT2D eigenvalue weighted by molar-refractivity contribution is 5.51. The highest BCUT2D eigenvalue weighted by atomic mass is 15.3. The molecule has 5 heteroatoms. The highest BCUT2D eigenvalue weighted by Gasteiger charge is 2.04. The molecule has 0 amide bonds. The molecule has 1 N–H and O–H groups in total. The third-order valence-corrected chi connectivity index (χ3v) is 3.40. The van der Waals surface area contributed by atoms with Gasteiger partial charge in [-0.1, -0.05) is 18.2 Å². The standard InChI is InChI=1S/C16H19N5/c1-2-20-12-14(11-19-20)10-17-16-7-4-3-6-15(16)13-21-9-5-8-18-21/h3-9,11-12,17H,2,10,13H2,1H3. The Hall–Kier alpha value is -2.56. The van der Waals surface area contributed by atoms with E-state index in [1.165, 1.54) is 11.1 Å². The summed E-state index contributed by atoms with van der Waals surface area (Å²) < 4.78 is 3.86. The molecule has 2 heterocycles. The summed E-state index contributed by atoms with van der Waals surface area (Å²) in [6.07, 6.45) is 7.76. The van der Waals surface area contributed by atoms with E-state index in [-0.39, 0.29) is 0 Å². The number of aryl methyl sites for hydroxylation is 1. The van der Waals surface area contributed by atoms with Gasteiger partial charge in [-0.2, -0.15) is 10.2 Å². The van der Waals surface area contributed by atoms with Crippen LogP contribution < -0.4 is 5.32 Å². The first-order valence-electron chi connectivity index (χ1n) is 7.15. The van der Waals surface area contributed by atoms with Crippen molar-refractivity contribution in [1.29, 1.82) is 0 Å². The van der Waals surface area contributed by atoms with Crippen LogP contribution in [-0.2, 0) is 19.6 Å². The lowest BCUT2D eigenvalue weighted by atomic mass is 10.1. The average Bonchev–Trinajstić information content (AvgIpc) is 3.17. The number of benzene rings is 1.